The Morgan fingerprint density at radius 1 is 1.00 bits per heavy atom. The average Bonchev–Trinajstić information content (AvgIpc) is 3.89. The van der Waals surface area contributed by atoms with Gasteiger partial charge in [0.1, 0.15) is 17.3 Å². The van der Waals surface area contributed by atoms with Crippen LogP contribution in [0.3, 0.4) is 0 Å². The highest BCUT2D eigenvalue weighted by Crippen LogP contribution is 2.51. The molecule has 45 heavy (non-hydrogen) atoms. The Hall–Kier alpha value is -3.99. The Morgan fingerprint density at radius 3 is 2.22 bits per heavy atom. The van der Waals surface area contributed by atoms with Crippen LogP contribution in [0.5, 0.6) is 0 Å². The van der Waals surface area contributed by atoms with Crippen LogP contribution in [0.15, 0.2) is 36.5 Å². The van der Waals surface area contributed by atoms with Crippen LogP contribution in [0, 0.1) is 37.5 Å². The predicted octanol–water partition coefficient (Wildman–Crippen LogP) is 4.88. The molecule has 1 aromatic carbocycles. The van der Waals surface area contributed by atoms with Crippen molar-refractivity contribution < 1.29 is 19.1 Å². The number of hydrogen-bond donors (Lipinski definition) is 2. The molecule has 2 N–H and O–H groups in total. The molecule has 11 nitrogen and oxygen atoms in total. The Kier molecular flexibility index (Phi) is 8.32. The third-order valence-electron chi connectivity index (χ3n) is 9.11. The van der Waals surface area contributed by atoms with Crippen LogP contribution in [0.4, 0.5) is 10.5 Å². The van der Waals surface area contributed by atoms with Crippen LogP contribution in [0.25, 0.3) is 11.1 Å². The number of likely N-dealkylation sites (tertiary alicyclic amines) is 1. The lowest BCUT2D eigenvalue weighted by molar-refractivity contribution is -0.119. The number of carbonyl (C=O) groups excluding carboxylic acids is 3. The minimum absolute atomic E-state index is 0.119. The molecule has 0 radical (unpaired) electrons. The monoisotopic (exact) mass is 615 g/mol. The molecule has 2 amide bonds. The van der Waals surface area contributed by atoms with E-state index in [-0.39, 0.29) is 17.7 Å². The molecule has 3 fully saturated rings. The smallest absolute Gasteiger partial charge is 0.435 e. The van der Waals surface area contributed by atoms with Gasteiger partial charge in [0.05, 0.1) is 11.4 Å². The standard InChI is InChI=1S/C34H45N7O4/c1-20-28(21(2)41(38-20)33(44)45-34(3,4)5)23-11-13-26(14-12-23)36-32(43)30(29(24-7-8-24)25-9-10-25)37-31(42)27-15-16-35-40(27)19-22-17-39(6)18-22/h11-16,22,24-25,29-30H,7-10,17-19H2,1-6H3,(H,36,43)(H,37,42)/t30-/m0/s1. The van der Waals surface area contributed by atoms with E-state index in [2.05, 4.69) is 32.8 Å². The van der Waals surface area contributed by atoms with Gasteiger partial charge in [0, 0.05) is 43.0 Å². The third kappa shape index (κ3) is 6.98. The number of rotatable bonds is 10. The minimum atomic E-state index is -0.632. The number of hydrogen-bond acceptors (Lipinski definition) is 7. The van der Waals surface area contributed by atoms with Gasteiger partial charge in [-0.2, -0.15) is 14.9 Å². The lowest BCUT2D eigenvalue weighted by atomic mass is 9.88. The summed E-state index contributed by atoms with van der Waals surface area (Å²) in [6.07, 6.45) is 5.52. The highest BCUT2D eigenvalue weighted by Gasteiger charge is 2.48. The molecule has 0 bridgehead atoms. The molecule has 0 spiro atoms. The number of amides is 2. The van der Waals surface area contributed by atoms with E-state index in [9.17, 15) is 14.4 Å². The van der Waals surface area contributed by atoms with E-state index in [0.717, 1.165) is 49.9 Å². The summed E-state index contributed by atoms with van der Waals surface area (Å²) in [4.78, 5) is 42.5. The molecule has 2 aliphatic carbocycles. The van der Waals surface area contributed by atoms with Gasteiger partial charge in [-0.05, 0) is 109 Å². The molecule has 1 saturated heterocycles. The fourth-order valence-corrected chi connectivity index (χ4v) is 6.79. The number of benzene rings is 1. The van der Waals surface area contributed by atoms with Crippen molar-refractivity contribution in [2.45, 2.75) is 78.5 Å². The molecule has 11 heteroatoms. The molecular formula is C34H45N7O4. The van der Waals surface area contributed by atoms with Gasteiger partial charge < -0.3 is 20.3 Å². The highest BCUT2D eigenvalue weighted by atomic mass is 16.6. The molecule has 0 unspecified atom stereocenters. The number of carbonyl (C=O) groups is 3. The van der Waals surface area contributed by atoms with E-state index in [4.69, 9.17) is 4.74 Å². The average molecular weight is 616 g/mol. The van der Waals surface area contributed by atoms with E-state index in [0.29, 0.717) is 47.1 Å². The molecule has 6 rings (SSSR count). The Labute approximate surface area is 264 Å². The number of ether oxygens (including phenoxy) is 1. The number of aryl methyl sites for hydroxylation is 1. The van der Waals surface area contributed by atoms with Gasteiger partial charge in [-0.15, -0.1) is 0 Å². The quantitative estimate of drug-likeness (QED) is 0.333. The Balaban J connectivity index is 1.18. The maximum atomic E-state index is 13.9. The number of anilines is 1. The van der Waals surface area contributed by atoms with Crippen LogP contribution in [0.1, 0.15) is 68.3 Å². The van der Waals surface area contributed by atoms with Gasteiger partial charge in [-0.25, -0.2) is 4.79 Å². The summed E-state index contributed by atoms with van der Waals surface area (Å²) in [6.45, 7) is 11.8. The second-order valence-corrected chi connectivity index (χ2v) is 14.2. The normalized spacial score (nSPS) is 18.0. The van der Waals surface area contributed by atoms with Crippen molar-refractivity contribution >= 4 is 23.6 Å². The van der Waals surface area contributed by atoms with E-state index < -0.39 is 17.7 Å². The van der Waals surface area contributed by atoms with Crippen molar-refractivity contribution in [2.24, 2.45) is 23.7 Å². The second kappa shape index (κ2) is 12.1. The van der Waals surface area contributed by atoms with E-state index >= 15 is 0 Å². The van der Waals surface area contributed by atoms with E-state index in [1.807, 2.05) is 58.9 Å². The van der Waals surface area contributed by atoms with E-state index in [1.165, 1.54) is 4.68 Å². The summed E-state index contributed by atoms with van der Waals surface area (Å²) in [5.41, 5.74) is 3.61. The molecule has 2 aromatic heterocycles. The van der Waals surface area contributed by atoms with Crippen LogP contribution in [-0.2, 0) is 16.1 Å². The van der Waals surface area contributed by atoms with E-state index in [1.54, 1.807) is 16.9 Å². The molecule has 240 valence electrons. The van der Waals surface area contributed by atoms with Crippen molar-refractivity contribution in [1.29, 1.82) is 0 Å². The highest BCUT2D eigenvalue weighted by molar-refractivity contribution is 6.01. The van der Waals surface area contributed by atoms with Gasteiger partial charge >= 0.3 is 6.09 Å². The summed E-state index contributed by atoms with van der Waals surface area (Å²) < 4.78 is 8.59. The molecule has 3 heterocycles. The van der Waals surface area contributed by atoms with Gasteiger partial charge in [0.25, 0.3) is 5.91 Å². The lowest BCUT2D eigenvalue weighted by Crippen LogP contribution is -2.50. The first-order valence-corrected chi connectivity index (χ1v) is 16.1. The number of aromatic nitrogens is 4. The molecule has 1 atom stereocenters. The molecular weight excluding hydrogens is 570 g/mol. The summed E-state index contributed by atoms with van der Waals surface area (Å²) in [5, 5.41) is 15.1. The first-order valence-electron chi connectivity index (χ1n) is 16.1. The molecule has 2 saturated carbocycles. The zero-order valence-electron chi connectivity index (χ0n) is 27.2. The minimum Gasteiger partial charge on any atom is -0.442 e. The zero-order valence-corrected chi connectivity index (χ0v) is 27.2. The van der Waals surface area contributed by atoms with Crippen LogP contribution >= 0.6 is 0 Å². The maximum Gasteiger partial charge on any atom is 0.435 e. The topological polar surface area (TPSA) is 123 Å². The predicted molar refractivity (Wildman–Crippen MR) is 171 cm³/mol. The van der Waals surface area contributed by atoms with Crippen LogP contribution in [-0.4, -0.2) is 74.1 Å². The largest absolute Gasteiger partial charge is 0.442 e. The summed E-state index contributed by atoms with van der Waals surface area (Å²) >= 11 is 0. The Morgan fingerprint density at radius 2 is 1.64 bits per heavy atom. The van der Waals surface area contributed by atoms with Crippen molar-refractivity contribution in [3.8, 4) is 11.1 Å². The van der Waals surface area contributed by atoms with Crippen molar-refractivity contribution in [1.82, 2.24) is 29.8 Å². The first kappa shape index (κ1) is 31.0. The maximum absolute atomic E-state index is 13.9. The molecule has 1 aliphatic heterocycles. The Bertz CT molecular complexity index is 1560. The van der Waals surface area contributed by atoms with Gasteiger partial charge in [0.15, 0.2) is 0 Å². The van der Waals surface area contributed by atoms with Crippen molar-refractivity contribution in [3.63, 3.8) is 0 Å². The summed E-state index contributed by atoms with van der Waals surface area (Å²) in [6, 6.07) is 8.63. The van der Waals surface area contributed by atoms with Crippen molar-refractivity contribution in [2.75, 3.05) is 25.5 Å². The van der Waals surface area contributed by atoms with Crippen molar-refractivity contribution in [3.05, 3.63) is 53.6 Å². The molecule has 3 aliphatic rings. The summed E-state index contributed by atoms with van der Waals surface area (Å²) in [5.74, 6) is 1.05. The fourth-order valence-electron chi connectivity index (χ4n) is 6.79. The lowest BCUT2D eigenvalue weighted by Gasteiger charge is -2.36. The number of nitrogens with one attached hydrogen (secondary N) is 2. The third-order valence-corrected chi connectivity index (χ3v) is 9.11. The van der Waals surface area contributed by atoms with Gasteiger partial charge in [-0.1, -0.05) is 12.1 Å². The summed E-state index contributed by atoms with van der Waals surface area (Å²) in [7, 11) is 2.09. The van der Waals surface area contributed by atoms with Gasteiger partial charge in [-0.3, -0.25) is 14.3 Å². The fraction of sp³-hybridized carbons (Fsp3) is 0.559. The first-order chi connectivity index (χ1) is 21.4. The zero-order chi connectivity index (χ0) is 32.0. The van der Waals surface area contributed by atoms with Gasteiger partial charge in [0.2, 0.25) is 5.91 Å². The molecule has 3 aromatic rings. The number of nitrogens with zero attached hydrogens (tertiary/aromatic N) is 5. The second-order valence-electron chi connectivity index (χ2n) is 14.2. The van der Waals surface area contributed by atoms with Crippen LogP contribution in [0.2, 0.25) is 0 Å². The SMILES string of the molecule is Cc1nn(C(=O)OC(C)(C)C)c(C)c1-c1ccc(NC(=O)[C@@H](NC(=O)c2ccnn2CC2CN(C)C2)C(C2CC2)C2CC2)cc1. The van der Waals surface area contributed by atoms with Crippen LogP contribution < -0.4 is 10.6 Å².